The Morgan fingerprint density at radius 3 is 2.70 bits per heavy atom. The monoisotopic (exact) mass is 357 g/mol. The molecule has 2 aromatic rings. The molecule has 1 heterocycles. The smallest absolute Gasteiger partial charge is 0.124 e. The van der Waals surface area contributed by atoms with E-state index in [1.54, 1.807) is 19.4 Å². The second-order valence-electron chi connectivity index (χ2n) is 4.78. The molecule has 20 heavy (non-hydrogen) atoms. The zero-order valence-electron chi connectivity index (χ0n) is 11.6. The molecule has 0 aliphatic heterocycles. The van der Waals surface area contributed by atoms with Gasteiger partial charge in [-0.05, 0) is 48.0 Å². The number of hydrogen-bond donors (Lipinski definition) is 1. The van der Waals surface area contributed by atoms with Crippen LogP contribution in [0.3, 0.4) is 0 Å². The van der Waals surface area contributed by atoms with Crippen molar-refractivity contribution in [1.29, 1.82) is 0 Å². The van der Waals surface area contributed by atoms with Gasteiger partial charge in [0.15, 0.2) is 0 Å². The van der Waals surface area contributed by atoms with Gasteiger partial charge < -0.3 is 10.5 Å². The van der Waals surface area contributed by atoms with Crippen molar-refractivity contribution in [3.63, 3.8) is 0 Å². The van der Waals surface area contributed by atoms with Crippen molar-refractivity contribution in [3.8, 4) is 5.75 Å². The van der Waals surface area contributed by atoms with E-state index in [-0.39, 0.29) is 12.1 Å². The molecule has 0 amide bonds. The lowest BCUT2D eigenvalue weighted by atomic mass is 10.0. The van der Waals surface area contributed by atoms with Gasteiger partial charge in [0.2, 0.25) is 0 Å². The lowest BCUT2D eigenvalue weighted by molar-refractivity contribution is 0.405. The molecular formula is C14H17BrClN3O. The minimum atomic E-state index is -0.372. The highest BCUT2D eigenvalue weighted by atomic mass is 79.9. The van der Waals surface area contributed by atoms with Crippen LogP contribution in [0.15, 0.2) is 28.9 Å². The van der Waals surface area contributed by atoms with E-state index in [1.807, 2.05) is 16.8 Å². The Morgan fingerprint density at radius 2 is 2.10 bits per heavy atom. The molecule has 1 aromatic heterocycles. The Labute approximate surface area is 132 Å². The number of rotatable bonds is 4. The van der Waals surface area contributed by atoms with Crippen LogP contribution in [0.1, 0.15) is 37.2 Å². The second-order valence-corrected chi connectivity index (χ2v) is 6.07. The highest BCUT2D eigenvalue weighted by Crippen LogP contribution is 2.34. The maximum atomic E-state index is 6.42. The summed E-state index contributed by atoms with van der Waals surface area (Å²) in [7, 11) is 1.62. The molecule has 0 saturated carbocycles. The second kappa shape index (κ2) is 6.16. The quantitative estimate of drug-likeness (QED) is 0.900. The zero-order chi connectivity index (χ0) is 14.9. The van der Waals surface area contributed by atoms with E-state index in [1.165, 1.54) is 0 Å². The van der Waals surface area contributed by atoms with Crippen LogP contribution >= 0.6 is 27.5 Å². The molecule has 6 heteroatoms. The number of methoxy groups -OCH3 is 1. The molecule has 2 rings (SSSR count). The van der Waals surface area contributed by atoms with E-state index in [4.69, 9.17) is 22.1 Å². The molecule has 4 nitrogen and oxygen atoms in total. The van der Waals surface area contributed by atoms with E-state index in [2.05, 4.69) is 34.9 Å². The average Bonchev–Trinajstić information content (AvgIpc) is 2.80. The van der Waals surface area contributed by atoms with Gasteiger partial charge in [-0.2, -0.15) is 5.10 Å². The summed E-state index contributed by atoms with van der Waals surface area (Å²) in [5, 5.41) is 4.98. The summed E-state index contributed by atoms with van der Waals surface area (Å²) in [5.74, 6) is 0.713. The van der Waals surface area contributed by atoms with Gasteiger partial charge in [0.1, 0.15) is 5.75 Å². The first-order chi connectivity index (χ1) is 9.45. The third kappa shape index (κ3) is 2.85. The molecule has 0 bridgehead atoms. The molecule has 0 saturated heterocycles. The number of aromatic nitrogens is 2. The molecule has 1 atom stereocenters. The molecule has 0 aliphatic carbocycles. The third-order valence-corrected chi connectivity index (χ3v) is 3.94. The van der Waals surface area contributed by atoms with Gasteiger partial charge in [-0.1, -0.05) is 11.6 Å². The van der Waals surface area contributed by atoms with Crippen LogP contribution in [0, 0.1) is 0 Å². The fourth-order valence-corrected chi connectivity index (χ4v) is 2.85. The van der Waals surface area contributed by atoms with Gasteiger partial charge in [-0.15, -0.1) is 0 Å². The summed E-state index contributed by atoms with van der Waals surface area (Å²) in [6.45, 7) is 4.12. The highest BCUT2D eigenvalue weighted by molar-refractivity contribution is 9.10. The maximum absolute atomic E-state index is 6.42. The van der Waals surface area contributed by atoms with E-state index in [0.29, 0.717) is 10.8 Å². The van der Waals surface area contributed by atoms with Crippen LogP contribution in [0.2, 0.25) is 5.02 Å². The first-order valence-corrected chi connectivity index (χ1v) is 7.44. The largest absolute Gasteiger partial charge is 0.496 e. The number of ether oxygens (including phenoxy) is 1. The van der Waals surface area contributed by atoms with Crippen LogP contribution in [-0.4, -0.2) is 16.9 Å². The lowest BCUT2D eigenvalue weighted by Gasteiger charge is -2.20. The van der Waals surface area contributed by atoms with Crippen LogP contribution < -0.4 is 10.5 Å². The van der Waals surface area contributed by atoms with Crippen LogP contribution in [0.25, 0.3) is 0 Å². The normalized spacial score (nSPS) is 12.8. The van der Waals surface area contributed by atoms with Gasteiger partial charge in [0, 0.05) is 16.6 Å². The van der Waals surface area contributed by atoms with E-state index >= 15 is 0 Å². The topological polar surface area (TPSA) is 53.1 Å². The van der Waals surface area contributed by atoms with Crippen molar-refractivity contribution in [1.82, 2.24) is 9.78 Å². The molecule has 108 valence electrons. The number of benzene rings is 1. The summed E-state index contributed by atoms with van der Waals surface area (Å²) in [6.07, 6.45) is 1.76. The third-order valence-electron chi connectivity index (χ3n) is 3.10. The van der Waals surface area contributed by atoms with E-state index in [9.17, 15) is 0 Å². The van der Waals surface area contributed by atoms with Crippen molar-refractivity contribution >= 4 is 27.5 Å². The molecule has 0 aliphatic rings. The van der Waals surface area contributed by atoms with Crippen molar-refractivity contribution in [2.24, 2.45) is 5.73 Å². The molecule has 2 N–H and O–H groups in total. The summed E-state index contributed by atoms with van der Waals surface area (Å²) < 4.78 is 8.15. The van der Waals surface area contributed by atoms with Gasteiger partial charge >= 0.3 is 0 Å². The Hall–Kier alpha value is -1.04. The highest BCUT2D eigenvalue weighted by Gasteiger charge is 2.22. The molecule has 0 spiro atoms. The van der Waals surface area contributed by atoms with Crippen molar-refractivity contribution < 1.29 is 4.74 Å². The number of nitrogens with two attached hydrogens (primary N) is 1. The number of halogens is 2. The molecule has 1 aromatic carbocycles. The van der Waals surface area contributed by atoms with Crippen LogP contribution in [-0.2, 0) is 0 Å². The minimum absolute atomic E-state index is 0.215. The predicted molar refractivity (Wildman–Crippen MR) is 84.3 cm³/mol. The summed E-state index contributed by atoms with van der Waals surface area (Å²) in [6, 6.07) is 5.28. The van der Waals surface area contributed by atoms with Gasteiger partial charge in [0.25, 0.3) is 0 Å². The Balaban J connectivity index is 2.54. The fourth-order valence-electron chi connectivity index (χ4n) is 2.15. The van der Waals surface area contributed by atoms with Crippen LogP contribution in [0.5, 0.6) is 5.75 Å². The molecule has 0 radical (unpaired) electrons. The van der Waals surface area contributed by atoms with Crippen LogP contribution in [0.4, 0.5) is 0 Å². The first kappa shape index (κ1) is 15.4. The standard InChI is InChI=1S/C14H17BrClN3O/c1-8(2)19-14(11(15)7-18-19)13(17)10-6-9(16)4-5-12(10)20-3/h4-8,13H,17H2,1-3H3. The zero-order valence-corrected chi connectivity index (χ0v) is 13.9. The average molecular weight is 359 g/mol. The molecule has 0 fully saturated rings. The summed E-state index contributed by atoms with van der Waals surface area (Å²) in [4.78, 5) is 0. The van der Waals surface area contributed by atoms with Crippen molar-refractivity contribution in [2.45, 2.75) is 25.9 Å². The SMILES string of the molecule is COc1ccc(Cl)cc1C(N)c1c(Br)cnn1C(C)C. The first-order valence-electron chi connectivity index (χ1n) is 6.27. The van der Waals surface area contributed by atoms with Gasteiger partial charge in [-0.25, -0.2) is 0 Å². The Morgan fingerprint density at radius 1 is 1.40 bits per heavy atom. The van der Waals surface area contributed by atoms with Gasteiger partial charge in [0.05, 0.1) is 29.5 Å². The number of nitrogens with zero attached hydrogens (tertiary/aromatic N) is 2. The lowest BCUT2D eigenvalue weighted by Crippen LogP contribution is -2.20. The van der Waals surface area contributed by atoms with E-state index in [0.717, 1.165) is 15.7 Å². The van der Waals surface area contributed by atoms with Crippen molar-refractivity contribution in [3.05, 3.63) is 45.1 Å². The minimum Gasteiger partial charge on any atom is -0.496 e. The van der Waals surface area contributed by atoms with Gasteiger partial charge in [-0.3, -0.25) is 4.68 Å². The summed E-state index contributed by atoms with van der Waals surface area (Å²) >= 11 is 9.59. The predicted octanol–water partition coefficient (Wildman–Crippen LogP) is 3.94. The maximum Gasteiger partial charge on any atom is 0.124 e. The Bertz CT molecular complexity index is 612. The number of hydrogen-bond acceptors (Lipinski definition) is 3. The molecular weight excluding hydrogens is 342 g/mol. The molecule has 1 unspecified atom stereocenters. The Kier molecular flexibility index (Phi) is 4.73. The fraction of sp³-hybridized carbons (Fsp3) is 0.357. The van der Waals surface area contributed by atoms with E-state index < -0.39 is 0 Å². The van der Waals surface area contributed by atoms with Crippen molar-refractivity contribution in [2.75, 3.05) is 7.11 Å². The summed E-state index contributed by atoms with van der Waals surface area (Å²) in [5.41, 5.74) is 8.16.